The maximum absolute atomic E-state index is 14.5. The van der Waals surface area contributed by atoms with Crippen LogP contribution in [-0.4, -0.2) is 91.3 Å². The summed E-state index contributed by atoms with van der Waals surface area (Å²) in [5.74, 6) is 0.955. The molecule has 3 heterocycles. The Bertz CT molecular complexity index is 1540. The molecule has 42 heavy (non-hydrogen) atoms. The highest BCUT2D eigenvalue weighted by Crippen LogP contribution is 2.45. The van der Waals surface area contributed by atoms with Gasteiger partial charge in [-0.15, -0.1) is 0 Å². The summed E-state index contributed by atoms with van der Waals surface area (Å²) in [6.45, 7) is 4.79. The second kappa shape index (κ2) is 13.0. The van der Waals surface area contributed by atoms with Crippen LogP contribution in [0.3, 0.4) is 0 Å². The van der Waals surface area contributed by atoms with E-state index in [4.69, 9.17) is 32.9 Å². The van der Waals surface area contributed by atoms with Crippen molar-refractivity contribution in [3.63, 3.8) is 0 Å². The summed E-state index contributed by atoms with van der Waals surface area (Å²) in [7, 11) is -3.07. The molecule has 1 aromatic heterocycles. The van der Waals surface area contributed by atoms with E-state index in [2.05, 4.69) is 9.88 Å². The number of hydrogen-bond donors (Lipinski definition) is 0. The van der Waals surface area contributed by atoms with E-state index in [0.717, 1.165) is 11.1 Å². The fraction of sp³-hybridized carbons (Fsp3) is 0.367. The van der Waals surface area contributed by atoms with Gasteiger partial charge in [-0.05, 0) is 54.4 Å². The van der Waals surface area contributed by atoms with Crippen molar-refractivity contribution in [1.29, 1.82) is 0 Å². The molecule has 2 amide bonds. The van der Waals surface area contributed by atoms with E-state index in [-0.39, 0.29) is 11.8 Å². The number of piperazine rings is 1. The minimum absolute atomic E-state index is 0.0898. The van der Waals surface area contributed by atoms with Crippen LogP contribution in [0.5, 0.6) is 5.88 Å². The van der Waals surface area contributed by atoms with Crippen molar-refractivity contribution < 1.29 is 17.9 Å². The molecule has 0 bridgehead atoms. The molecular weight excluding hydrogens is 597 g/mol. The monoisotopic (exact) mass is 629 g/mol. The van der Waals surface area contributed by atoms with Gasteiger partial charge in [0, 0.05) is 55.2 Å². The molecule has 12 heteroatoms. The number of benzene rings is 2. The largest absolute Gasteiger partial charge is 0.477 e. The van der Waals surface area contributed by atoms with Crippen LogP contribution in [-0.2, 0) is 9.84 Å². The second-order valence-corrected chi connectivity index (χ2v) is 13.5. The number of pyridine rings is 1. The zero-order valence-corrected chi connectivity index (χ0v) is 25.8. The molecule has 2 atom stereocenters. The molecule has 0 N–H and O–H groups in total. The normalized spacial score (nSPS) is 19.6. The summed E-state index contributed by atoms with van der Waals surface area (Å²) in [5, 5.41) is 1.20. The number of amides is 2. The van der Waals surface area contributed by atoms with E-state index >= 15 is 0 Å². The van der Waals surface area contributed by atoms with Crippen molar-refractivity contribution in [2.24, 2.45) is 4.99 Å². The Hall–Kier alpha value is -3.18. The minimum atomic E-state index is -3.07. The zero-order chi connectivity index (χ0) is 29.9. The first-order valence-corrected chi connectivity index (χ1v) is 16.6. The number of aliphatic imine (C=N–C) groups is 1. The van der Waals surface area contributed by atoms with Crippen LogP contribution in [0.25, 0.3) is 0 Å². The molecule has 0 radical (unpaired) electrons. The summed E-state index contributed by atoms with van der Waals surface area (Å²) >= 11 is 12.5. The van der Waals surface area contributed by atoms with Crippen LogP contribution < -0.4 is 4.74 Å². The van der Waals surface area contributed by atoms with E-state index in [9.17, 15) is 13.2 Å². The van der Waals surface area contributed by atoms with Crippen LogP contribution in [0, 0.1) is 0 Å². The van der Waals surface area contributed by atoms with Gasteiger partial charge in [-0.25, -0.2) is 18.2 Å². The first kappa shape index (κ1) is 30.3. The number of aromatic nitrogens is 1. The third-order valence-electron chi connectivity index (χ3n) is 7.41. The molecule has 0 unspecified atom stereocenters. The molecule has 0 aliphatic carbocycles. The summed E-state index contributed by atoms with van der Waals surface area (Å²) in [6.07, 6.45) is 2.89. The zero-order valence-electron chi connectivity index (χ0n) is 23.5. The van der Waals surface area contributed by atoms with Crippen molar-refractivity contribution in [3.05, 3.63) is 93.6 Å². The highest BCUT2D eigenvalue weighted by molar-refractivity contribution is 7.90. The number of halogens is 2. The Labute approximate surface area is 256 Å². The van der Waals surface area contributed by atoms with Crippen molar-refractivity contribution in [3.8, 4) is 5.88 Å². The van der Waals surface area contributed by atoms with E-state index in [1.165, 1.54) is 6.26 Å². The Balaban J connectivity index is 1.55. The third kappa shape index (κ3) is 6.89. The molecule has 3 aromatic rings. The number of sulfone groups is 1. The predicted octanol–water partition coefficient (Wildman–Crippen LogP) is 5.11. The lowest BCUT2D eigenvalue weighted by Gasteiger charge is -2.39. The second-order valence-electron chi connectivity index (χ2n) is 10.3. The molecule has 2 aliphatic rings. The van der Waals surface area contributed by atoms with Crippen LogP contribution in [0.15, 0.2) is 71.9 Å². The number of hydrogen-bond acceptors (Lipinski definition) is 7. The topological polar surface area (TPSA) is 95.4 Å². The summed E-state index contributed by atoms with van der Waals surface area (Å²) in [6, 6.07) is 17.5. The number of ether oxygens (including phenoxy) is 1. The fourth-order valence-corrected chi connectivity index (χ4v) is 6.12. The van der Waals surface area contributed by atoms with Crippen LogP contribution in [0.4, 0.5) is 4.79 Å². The van der Waals surface area contributed by atoms with E-state index in [1.807, 2.05) is 61.5 Å². The Morgan fingerprint density at radius 1 is 0.952 bits per heavy atom. The lowest BCUT2D eigenvalue weighted by atomic mass is 9.93. The molecule has 5 rings (SSSR count). The molecule has 0 spiro atoms. The standard InChI is InChI=1S/C30H33Cl2N5O4S/c1-3-41-29-25(5-4-14-33-29)28-34-26(21-6-10-23(31)11-7-21)27(22-8-12-24(32)13-9-22)37(28)30(38)36-17-15-35(16-18-36)19-20-42(2,39)40/h4-14,26-27H,3,15-20H2,1-2H3/t26-,27+/m0/s1. The smallest absolute Gasteiger partial charge is 0.326 e. The van der Waals surface area contributed by atoms with Gasteiger partial charge in [0.05, 0.1) is 24.0 Å². The molecule has 2 aliphatic heterocycles. The van der Waals surface area contributed by atoms with Crippen LogP contribution in [0.1, 0.15) is 35.7 Å². The Morgan fingerprint density at radius 2 is 1.57 bits per heavy atom. The van der Waals surface area contributed by atoms with Crippen molar-refractivity contribution >= 4 is 44.9 Å². The van der Waals surface area contributed by atoms with Gasteiger partial charge in [0.1, 0.15) is 21.7 Å². The Morgan fingerprint density at radius 3 is 2.17 bits per heavy atom. The molecule has 0 saturated carbocycles. The number of carbonyl (C=O) groups excluding carboxylic acids is 1. The lowest BCUT2D eigenvalue weighted by Crippen LogP contribution is -2.54. The van der Waals surface area contributed by atoms with Gasteiger partial charge in [0.2, 0.25) is 5.88 Å². The van der Waals surface area contributed by atoms with Crippen molar-refractivity contribution in [2.75, 3.05) is 51.3 Å². The maximum atomic E-state index is 14.5. The van der Waals surface area contributed by atoms with Gasteiger partial charge in [-0.3, -0.25) is 14.8 Å². The highest BCUT2D eigenvalue weighted by atomic mass is 35.5. The van der Waals surface area contributed by atoms with E-state index in [0.29, 0.717) is 66.7 Å². The van der Waals surface area contributed by atoms with Gasteiger partial charge in [-0.2, -0.15) is 0 Å². The molecular formula is C30H33Cl2N5O4S. The average molecular weight is 631 g/mol. The third-order valence-corrected chi connectivity index (χ3v) is 8.84. The summed E-state index contributed by atoms with van der Waals surface area (Å²) in [5.41, 5.74) is 2.40. The lowest BCUT2D eigenvalue weighted by molar-refractivity contribution is 0.122. The predicted molar refractivity (Wildman–Crippen MR) is 165 cm³/mol. The van der Waals surface area contributed by atoms with Gasteiger partial charge in [0.15, 0.2) is 0 Å². The first-order valence-electron chi connectivity index (χ1n) is 13.8. The Kier molecular flexibility index (Phi) is 9.37. The number of amidine groups is 1. The van der Waals surface area contributed by atoms with Crippen molar-refractivity contribution in [2.45, 2.75) is 19.0 Å². The maximum Gasteiger partial charge on any atom is 0.326 e. The number of carbonyl (C=O) groups is 1. The number of urea groups is 1. The number of rotatable bonds is 8. The molecule has 9 nitrogen and oxygen atoms in total. The fourth-order valence-electron chi connectivity index (χ4n) is 5.28. The van der Waals surface area contributed by atoms with Crippen molar-refractivity contribution in [1.82, 2.24) is 19.7 Å². The summed E-state index contributed by atoms with van der Waals surface area (Å²) < 4.78 is 29.2. The SMILES string of the molecule is CCOc1ncccc1C1=N[C@@H](c2ccc(Cl)cc2)[C@@H](c2ccc(Cl)cc2)N1C(=O)N1CCN(CCS(C)(=O)=O)CC1. The minimum Gasteiger partial charge on any atom is -0.477 e. The van der Waals surface area contributed by atoms with Crippen LogP contribution >= 0.6 is 23.2 Å². The van der Waals surface area contributed by atoms with Crippen LogP contribution in [0.2, 0.25) is 10.0 Å². The van der Waals surface area contributed by atoms with Gasteiger partial charge in [0.25, 0.3) is 0 Å². The van der Waals surface area contributed by atoms with E-state index < -0.39 is 21.9 Å². The summed E-state index contributed by atoms with van der Waals surface area (Å²) in [4.78, 5) is 29.7. The molecule has 1 saturated heterocycles. The average Bonchev–Trinajstić information content (AvgIpc) is 3.37. The van der Waals surface area contributed by atoms with Gasteiger partial charge < -0.3 is 9.64 Å². The van der Waals surface area contributed by atoms with E-state index in [1.54, 1.807) is 22.1 Å². The quantitative estimate of drug-likeness (QED) is 0.343. The highest BCUT2D eigenvalue weighted by Gasteiger charge is 2.45. The van der Waals surface area contributed by atoms with Gasteiger partial charge in [-0.1, -0.05) is 47.5 Å². The molecule has 1 fully saturated rings. The molecule has 222 valence electrons. The van der Waals surface area contributed by atoms with Gasteiger partial charge >= 0.3 is 6.03 Å². The molecule has 2 aromatic carbocycles. The first-order chi connectivity index (χ1) is 20.1. The number of nitrogens with zero attached hydrogens (tertiary/aromatic N) is 5.